The van der Waals surface area contributed by atoms with Gasteiger partial charge in [0.25, 0.3) is 0 Å². The Labute approximate surface area is 94.1 Å². The van der Waals surface area contributed by atoms with E-state index in [0.717, 1.165) is 20.1 Å². The number of rotatable bonds is 2. The predicted molar refractivity (Wildman–Crippen MR) is 60.9 cm³/mol. The number of hydrogen-bond donors (Lipinski definition) is 1. The number of nitrogens with two attached hydrogens (primary N) is 1. The van der Waals surface area contributed by atoms with Gasteiger partial charge in [-0.1, -0.05) is 0 Å². The second-order valence-corrected chi connectivity index (χ2v) is 5.19. The van der Waals surface area contributed by atoms with Crippen molar-refractivity contribution >= 4 is 27.3 Å². The van der Waals surface area contributed by atoms with Crippen molar-refractivity contribution in [2.75, 3.05) is 0 Å². The van der Waals surface area contributed by atoms with E-state index in [9.17, 15) is 0 Å². The van der Waals surface area contributed by atoms with Crippen molar-refractivity contribution in [2.24, 2.45) is 5.73 Å². The number of aromatic nitrogens is 2. The van der Waals surface area contributed by atoms with E-state index in [1.54, 1.807) is 23.7 Å². The Bertz CT molecular complexity index is 424. The monoisotopic (exact) mass is 269 g/mol. The topological polar surface area (TPSA) is 51.8 Å². The molecular formula is C9H8BrN3S. The first-order valence-corrected chi connectivity index (χ1v) is 5.67. The van der Waals surface area contributed by atoms with Crippen LogP contribution < -0.4 is 5.73 Å². The minimum Gasteiger partial charge on any atom is -0.326 e. The second kappa shape index (κ2) is 4.16. The van der Waals surface area contributed by atoms with Crippen LogP contribution in [0.2, 0.25) is 0 Å². The molecule has 0 fully saturated rings. The third kappa shape index (κ3) is 2.00. The lowest BCUT2D eigenvalue weighted by molar-refractivity contribution is 1.01. The van der Waals surface area contributed by atoms with Gasteiger partial charge in [-0.2, -0.15) is 0 Å². The van der Waals surface area contributed by atoms with E-state index in [4.69, 9.17) is 5.73 Å². The van der Waals surface area contributed by atoms with Gasteiger partial charge in [0.15, 0.2) is 5.82 Å². The molecule has 14 heavy (non-hydrogen) atoms. The Morgan fingerprint density at radius 2 is 2.00 bits per heavy atom. The summed E-state index contributed by atoms with van der Waals surface area (Å²) in [7, 11) is 0. The lowest BCUT2D eigenvalue weighted by Crippen LogP contribution is -1.98. The summed E-state index contributed by atoms with van der Waals surface area (Å²) in [5, 5.41) is 0. The number of nitrogens with zero attached hydrogens (tertiary/aromatic N) is 2. The van der Waals surface area contributed by atoms with Gasteiger partial charge in [-0.15, -0.1) is 11.3 Å². The molecule has 0 aliphatic carbocycles. The highest BCUT2D eigenvalue weighted by atomic mass is 79.9. The predicted octanol–water partition coefficient (Wildman–Crippen LogP) is 2.43. The van der Waals surface area contributed by atoms with E-state index >= 15 is 0 Å². The molecule has 72 valence electrons. The molecule has 0 amide bonds. The van der Waals surface area contributed by atoms with E-state index in [0.29, 0.717) is 6.54 Å². The summed E-state index contributed by atoms with van der Waals surface area (Å²) in [6.45, 7) is 0.481. The summed E-state index contributed by atoms with van der Waals surface area (Å²) < 4.78 is 1.08. The van der Waals surface area contributed by atoms with Crippen LogP contribution in [0, 0.1) is 0 Å². The lowest BCUT2D eigenvalue weighted by atomic mass is 10.3. The number of hydrogen-bond acceptors (Lipinski definition) is 4. The highest BCUT2D eigenvalue weighted by Gasteiger charge is 2.03. The van der Waals surface area contributed by atoms with Gasteiger partial charge in [0.05, 0.1) is 8.66 Å². The maximum absolute atomic E-state index is 5.46. The lowest BCUT2D eigenvalue weighted by Gasteiger charge is -1.97. The minimum atomic E-state index is 0.481. The van der Waals surface area contributed by atoms with Crippen LogP contribution >= 0.6 is 27.3 Å². The minimum absolute atomic E-state index is 0.481. The largest absolute Gasteiger partial charge is 0.326 e. The second-order valence-electron chi connectivity index (χ2n) is 2.72. The average Bonchev–Trinajstić information content (AvgIpc) is 2.65. The van der Waals surface area contributed by atoms with E-state index in [2.05, 4.69) is 25.9 Å². The van der Waals surface area contributed by atoms with Crippen molar-refractivity contribution in [2.45, 2.75) is 6.54 Å². The van der Waals surface area contributed by atoms with Crippen LogP contribution in [0.3, 0.4) is 0 Å². The van der Waals surface area contributed by atoms with Crippen LogP contribution in [-0.4, -0.2) is 9.97 Å². The number of thiophene rings is 1. The molecule has 0 aliphatic rings. The van der Waals surface area contributed by atoms with E-state index in [1.165, 1.54) is 0 Å². The molecule has 5 heteroatoms. The highest BCUT2D eigenvalue weighted by Crippen LogP contribution is 2.28. The molecule has 0 bridgehead atoms. The van der Waals surface area contributed by atoms with Gasteiger partial charge in [0, 0.05) is 24.5 Å². The maximum Gasteiger partial charge on any atom is 0.169 e. The zero-order valence-electron chi connectivity index (χ0n) is 7.27. The zero-order valence-corrected chi connectivity index (χ0v) is 9.68. The molecule has 0 unspecified atom stereocenters. The molecule has 2 N–H and O–H groups in total. The fourth-order valence-corrected chi connectivity index (χ4v) is 2.36. The Balaban J connectivity index is 2.33. The molecule has 0 spiro atoms. The van der Waals surface area contributed by atoms with Gasteiger partial charge in [-0.3, -0.25) is 0 Å². The molecule has 0 atom stereocenters. The molecule has 0 saturated heterocycles. The van der Waals surface area contributed by atoms with Crippen molar-refractivity contribution in [3.8, 4) is 10.7 Å². The standard InChI is InChI=1S/C9H8BrN3S/c10-8-2-1-7(14-8)9-12-4-6(3-11)5-13-9/h1-2,4-5H,3,11H2. The molecule has 0 aliphatic heterocycles. The Hall–Kier alpha value is -0.780. The smallest absolute Gasteiger partial charge is 0.169 e. The SMILES string of the molecule is NCc1cnc(-c2ccc(Br)s2)nc1. The molecular weight excluding hydrogens is 262 g/mol. The summed E-state index contributed by atoms with van der Waals surface area (Å²) in [6.07, 6.45) is 3.52. The summed E-state index contributed by atoms with van der Waals surface area (Å²) in [4.78, 5) is 9.52. The maximum atomic E-state index is 5.46. The molecule has 2 aromatic rings. The van der Waals surface area contributed by atoms with Gasteiger partial charge in [0.2, 0.25) is 0 Å². The Morgan fingerprint density at radius 3 is 2.50 bits per heavy atom. The van der Waals surface area contributed by atoms with Gasteiger partial charge >= 0.3 is 0 Å². The van der Waals surface area contributed by atoms with Crippen molar-refractivity contribution in [1.29, 1.82) is 0 Å². The third-order valence-corrected chi connectivity index (χ3v) is 3.35. The zero-order chi connectivity index (χ0) is 9.97. The molecule has 3 nitrogen and oxygen atoms in total. The molecule has 2 heterocycles. The molecule has 2 rings (SSSR count). The fourth-order valence-electron chi connectivity index (χ4n) is 1.02. The van der Waals surface area contributed by atoms with Crippen molar-refractivity contribution in [3.05, 3.63) is 33.9 Å². The molecule has 0 aromatic carbocycles. The Morgan fingerprint density at radius 1 is 1.29 bits per heavy atom. The summed E-state index contributed by atoms with van der Waals surface area (Å²) in [5.74, 6) is 0.748. The van der Waals surface area contributed by atoms with Gasteiger partial charge in [-0.25, -0.2) is 9.97 Å². The van der Waals surface area contributed by atoms with E-state index < -0.39 is 0 Å². The van der Waals surface area contributed by atoms with Crippen LogP contribution in [-0.2, 0) is 6.54 Å². The van der Waals surface area contributed by atoms with Crippen molar-refractivity contribution < 1.29 is 0 Å². The first kappa shape index (κ1) is 9.76. The molecule has 0 saturated carbocycles. The van der Waals surface area contributed by atoms with Crippen LogP contribution in [0.5, 0.6) is 0 Å². The summed E-state index contributed by atoms with van der Waals surface area (Å²) >= 11 is 5.02. The average molecular weight is 270 g/mol. The van der Waals surface area contributed by atoms with E-state index in [1.807, 2.05) is 12.1 Å². The quantitative estimate of drug-likeness (QED) is 0.911. The molecule has 0 radical (unpaired) electrons. The van der Waals surface area contributed by atoms with Gasteiger partial charge in [0.1, 0.15) is 0 Å². The van der Waals surface area contributed by atoms with Crippen LogP contribution in [0.15, 0.2) is 28.3 Å². The first-order valence-electron chi connectivity index (χ1n) is 4.06. The Kier molecular flexibility index (Phi) is 2.90. The first-order chi connectivity index (χ1) is 6.79. The molecule has 2 aromatic heterocycles. The highest BCUT2D eigenvalue weighted by molar-refractivity contribution is 9.11. The van der Waals surface area contributed by atoms with Gasteiger partial charge in [-0.05, 0) is 28.1 Å². The van der Waals surface area contributed by atoms with E-state index in [-0.39, 0.29) is 0 Å². The normalized spacial score (nSPS) is 10.4. The van der Waals surface area contributed by atoms with Crippen molar-refractivity contribution in [3.63, 3.8) is 0 Å². The summed E-state index contributed by atoms with van der Waals surface area (Å²) in [6, 6.07) is 3.98. The van der Waals surface area contributed by atoms with Crippen molar-refractivity contribution in [1.82, 2.24) is 9.97 Å². The van der Waals surface area contributed by atoms with Crippen LogP contribution in [0.1, 0.15) is 5.56 Å². The third-order valence-electron chi connectivity index (χ3n) is 1.73. The fraction of sp³-hybridized carbons (Fsp3) is 0.111. The summed E-state index contributed by atoms with van der Waals surface area (Å²) in [5.41, 5.74) is 6.41. The van der Waals surface area contributed by atoms with Gasteiger partial charge < -0.3 is 5.73 Å². The van der Waals surface area contributed by atoms with Crippen LogP contribution in [0.4, 0.5) is 0 Å². The number of halogens is 1. The van der Waals surface area contributed by atoms with Crippen LogP contribution in [0.25, 0.3) is 10.7 Å².